The first-order valence-corrected chi connectivity index (χ1v) is 7.72. The van der Waals surface area contributed by atoms with Gasteiger partial charge in [-0.2, -0.15) is 0 Å². The molecule has 1 fully saturated rings. The van der Waals surface area contributed by atoms with Crippen molar-refractivity contribution in [1.82, 2.24) is 10.2 Å². The third kappa shape index (κ3) is 2.89. The Morgan fingerprint density at radius 3 is 2.87 bits per heavy atom. The number of aliphatic hydroxyl groups is 2. The number of nitrogens with zero attached hydrogens (tertiary/aromatic N) is 2. The average molecular weight is 319 g/mol. The van der Waals surface area contributed by atoms with E-state index >= 15 is 0 Å². The number of rotatable bonds is 2. The van der Waals surface area contributed by atoms with Crippen molar-refractivity contribution in [2.75, 3.05) is 25.1 Å². The average Bonchev–Trinajstić information content (AvgIpc) is 2.93. The number of carbonyl (C=O) groups is 2. The topological polar surface area (TPSA) is 93.1 Å². The lowest BCUT2D eigenvalue weighted by Gasteiger charge is -2.33. The number of carbonyl (C=O) groups excluding carboxylic acids is 2. The van der Waals surface area contributed by atoms with E-state index in [9.17, 15) is 19.8 Å². The molecule has 0 saturated carbocycles. The highest BCUT2D eigenvalue weighted by molar-refractivity contribution is 6.01. The number of amides is 3. The first kappa shape index (κ1) is 15.8. The van der Waals surface area contributed by atoms with Gasteiger partial charge in [-0.1, -0.05) is 18.2 Å². The zero-order valence-electron chi connectivity index (χ0n) is 13.0. The maximum absolute atomic E-state index is 12.4. The predicted molar refractivity (Wildman–Crippen MR) is 84.1 cm³/mol. The van der Waals surface area contributed by atoms with Gasteiger partial charge in [0.2, 0.25) is 5.91 Å². The Bertz CT molecular complexity index is 621. The highest BCUT2D eigenvalue weighted by Gasteiger charge is 2.37. The predicted octanol–water partition coefficient (Wildman–Crippen LogP) is -0.289. The maximum Gasteiger partial charge on any atom is 0.318 e. The fourth-order valence-corrected chi connectivity index (χ4v) is 3.33. The van der Waals surface area contributed by atoms with Gasteiger partial charge in [-0.15, -0.1) is 0 Å². The van der Waals surface area contributed by atoms with E-state index in [2.05, 4.69) is 5.32 Å². The minimum Gasteiger partial charge on any atom is -0.394 e. The summed E-state index contributed by atoms with van der Waals surface area (Å²) in [6.45, 7) is -0.0315. The van der Waals surface area contributed by atoms with E-state index in [0.717, 1.165) is 11.3 Å². The Morgan fingerprint density at radius 1 is 1.39 bits per heavy atom. The van der Waals surface area contributed by atoms with Crippen molar-refractivity contribution in [3.05, 3.63) is 29.8 Å². The summed E-state index contributed by atoms with van der Waals surface area (Å²) in [4.78, 5) is 27.8. The number of aliphatic hydroxyl groups excluding tert-OH is 2. The number of urea groups is 1. The second kappa shape index (κ2) is 6.17. The van der Waals surface area contributed by atoms with E-state index < -0.39 is 24.2 Å². The van der Waals surface area contributed by atoms with E-state index in [1.54, 1.807) is 11.9 Å². The number of β-amino-alcohol motifs (C(OH)–C–C–N with tert-alkyl or cyclic N) is 1. The SMILES string of the molecule is CN1C(=O)C(NC(=O)N2C[C@H](O)C[C@H]2CO)Cc2ccccc21. The molecule has 7 nitrogen and oxygen atoms in total. The van der Waals surface area contributed by atoms with Crippen LogP contribution in [-0.2, 0) is 11.2 Å². The van der Waals surface area contributed by atoms with Crippen molar-refractivity contribution in [1.29, 1.82) is 0 Å². The van der Waals surface area contributed by atoms with Crippen LogP contribution in [0.1, 0.15) is 12.0 Å². The number of hydrogen-bond donors (Lipinski definition) is 3. The van der Waals surface area contributed by atoms with E-state index in [-0.39, 0.29) is 19.1 Å². The van der Waals surface area contributed by atoms with Gasteiger partial charge in [0.05, 0.1) is 18.8 Å². The van der Waals surface area contributed by atoms with E-state index in [0.29, 0.717) is 12.8 Å². The third-order valence-electron chi connectivity index (χ3n) is 4.57. The number of benzene rings is 1. The minimum absolute atomic E-state index is 0.169. The number of likely N-dealkylation sites (N-methyl/N-ethyl adjacent to an activating group) is 1. The van der Waals surface area contributed by atoms with Crippen LogP contribution in [0.3, 0.4) is 0 Å². The van der Waals surface area contributed by atoms with E-state index in [4.69, 9.17) is 0 Å². The van der Waals surface area contributed by atoms with E-state index in [1.165, 1.54) is 4.90 Å². The summed E-state index contributed by atoms with van der Waals surface area (Å²) in [5.41, 5.74) is 1.85. The lowest BCUT2D eigenvalue weighted by Crippen LogP contribution is -2.55. The Balaban J connectivity index is 1.73. The van der Waals surface area contributed by atoms with Crippen LogP contribution in [-0.4, -0.2) is 65.4 Å². The normalized spacial score (nSPS) is 27.1. The van der Waals surface area contributed by atoms with Crippen LogP contribution < -0.4 is 10.2 Å². The molecule has 2 heterocycles. The number of likely N-dealkylation sites (tertiary alicyclic amines) is 1. The fraction of sp³-hybridized carbons (Fsp3) is 0.500. The zero-order valence-corrected chi connectivity index (χ0v) is 13.0. The quantitative estimate of drug-likeness (QED) is 0.698. The molecule has 3 amide bonds. The Morgan fingerprint density at radius 2 is 2.13 bits per heavy atom. The largest absolute Gasteiger partial charge is 0.394 e. The molecule has 1 aromatic carbocycles. The zero-order chi connectivity index (χ0) is 16.6. The van der Waals surface area contributed by atoms with Gasteiger partial charge in [0.1, 0.15) is 6.04 Å². The highest BCUT2D eigenvalue weighted by Crippen LogP contribution is 2.26. The molecule has 3 rings (SSSR count). The van der Waals surface area contributed by atoms with Gasteiger partial charge in [0.25, 0.3) is 0 Å². The molecule has 0 aromatic heterocycles. The third-order valence-corrected chi connectivity index (χ3v) is 4.57. The summed E-state index contributed by atoms with van der Waals surface area (Å²) < 4.78 is 0. The van der Waals surface area contributed by atoms with Gasteiger partial charge in [-0.3, -0.25) is 4.79 Å². The van der Waals surface area contributed by atoms with Crippen molar-refractivity contribution in [3.8, 4) is 0 Å². The summed E-state index contributed by atoms with van der Waals surface area (Å²) in [6, 6.07) is 6.12. The first-order valence-electron chi connectivity index (χ1n) is 7.72. The van der Waals surface area contributed by atoms with Gasteiger partial charge >= 0.3 is 6.03 Å². The second-order valence-electron chi connectivity index (χ2n) is 6.11. The molecule has 23 heavy (non-hydrogen) atoms. The molecule has 0 aliphatic carbocycles. The Kier molecular flexibility index (Phi) is 4.23. The van der Waals surface area contributed by atoms with Gasteiger partial charge in [-0.25, -0.2) is 4.79 Å². The van der Waals surface area contributed by atoms with Crippen molar-refractivity contribution in [3.63, 3.8) is 0 Å². The summed E-state index contributed by atoms with van der Waals surface area (Å²) in [7, 11) is 1.69. The molecule has 1 unspecified atom stereocenters. The molecule has 3 atom stereocenters. The monoisotopic (exact) mass is 319 g/mol. The minimum atomic E-state index is -0.639. The second-order valence-corrected chi connectivity index (χ2v) is 6.11. The van der Waals surface area contributed by atoms with Crippen molar-refractivity contribution in [2.45, 2.75) is 31.0 Å². The van der Waals surface area contributed by atoms with Gasteiger partial charge in [-0.05, 0) is 18.1 Å². The number of nitrogens with one attached hydrogen (secondary N) is 1. The van der Waals surface area contributed by atoms with Gasteiger partial charge < -0.3 is 25.3 Å². The van der Waals surface area contributed by atoms with Crippen LogP contribution in [0.5, 0.6) is 0 Å². The molecule has 1 saturated heterocycles. The lowest BCUT2D eigenvalue weighted by atomic mass is 9.98. The van der Waals surface area contributed by atoms with Crippen molar-refractivity contribution in [2.24, 2.45) is 0 Å². The number of fused-ring (bicyclic) bond motifs is 1. The molecule has 0 radical (unpaired) electrons. The smallest absolute Gasteiger partial charge is 0.318 e. The number of para-hydroxylation sites is 1. The van der Waals surface area contributed by atoms with Gasteiger partial charge in [0.15, 0.2) is 0 Å². The molecule has 0 spiro atoms. The van der Waals surface area contributed by atoms with Crippen LogP contribution in [0.15, 0.2) is 24.3 Å². The van der Waals surface area contributed by atoms with Crippen LogP contribution in [0.25, 0.3) is 0 Å². The van der Waals surface area contributed by atoms with Crippen molar-refractivity contribution >= 4 is 17.6 Å². The molecule has 3 N–H and O–H groups in total. The summed E-state index contributed by atoms with van der Waals surface area (Å²) >= 11 is 0. The molecular weight excluding hydrogens is 298 g/mol. The van der Waals surface area contributed by atoms with Gasteiger partial charge in [0, 0.05) is 25.7 Å². The maximum atomic E-state index is 12.4. The Labute approximate surface area is 134 Å². The standard InChI is InChI=1S/C16H21N3O4/c1-18-14-5-3-2-4-10(14)6-13(15(18)22)17-16(23)19-8-12(21)7-11(19)9-20/h2-5,11-13,20-21H,6-9H2,1H3,(H,17,23)/t11-,12+,13?/m0/s1. The summed E-state index contributed by atoms with van der Waals surface area (Å²) in [5, 5.41) is 21.7. The molecule has 2 aliphatic heterocycles. The summed E-state index contributed by atoms with van der Waals surface area (Å²) in [6.07, 6.45) is 0.152. The fourth-order valence-electron chi connectivity index (χ4n) is 3.33. The molecule has 2 aliphatic rings. The molecule has 1 aromatic rings. The van der Waals surface area contributed by atoms with Crippen LogP contribution in [0, 0.1) is 0 Å². The van der Waals surface area contributed by atoms with Crippen LogP contribution >= 0.6 is 0 Å². The summed E-state index contributed by atoms with van der Waals surface area (Å²) in [5.74, 6) is -0.169. The number of hydrogen-bond acceptors (Lipinski definition) is 4. The Hall–Kier alpha value is -2.12. The lowest BCUT2D eigenvalue weighted by molar-refractivity contribution is -0.120. The molecule has 124 valence electrons. The molecular formula is C16H21N3O4. The highest BCUT2D eigenvalue weighted by atomic mass is 16.3. The van der Waals surface area contributed by atoms with Crippen LogP contribution in [0.2, 0.25) is 0 Å². The van der Waals surface area contributed by atoms with Crippen LogP contribution in [0.4, 0.5) is 10.5 Å². The van der Waals surface area contributed by atoms with E-state index in [1.807, 2.05) is 24.3 Å². The first-order chi connectivity index (χ1) is 11.0. The molecule has 7 heteroatoms. The van der Waals surface area contributed by atoms with Crippen molar-refractivity contribution < 1.29 is 19.8 Å². The number of anilines is 1. The molecule has 0 bridgehead atoms.